The Bertz CT molecular complexity index is 703. The Balaban J connectivity index is 2.50. The minimum absolute atomic E-state index is 0.451. The largest absolute Gasteiger partial charge is 0.299 e. The molecule has 0 atom stereocenters. The lowest BCUT2D eigenvalue weighted by molar-refractivity contribution is 0.111. The van der Waals surface area contributed by atoms with Crippen LogP contribution in [0.3, 0.4) is 0 Å². The molecule has 4 heteroatoms. The van der Waals surface area contributed by atoms with E-state index in [1.165, 1.54) is 0 Å². The first-order valence-corrected chi connectivity index (χ1v) is 5.60. The van der Waals surface area contributed by atoms with Crippen molar-refractivity contribution in [2.75, 3.05) is 0 Å². The van der Waals surface area contributed by atoms with Crippen LogP contribution in [0.2, 0.25) is 0 Å². The molecule has 3 aromatic rings. The fourth-order valence-electron chi connectivity index (χ4n) is 1.81. The third kappa shape index (κ3) is 1.34. The number of pyridine rings is 1. The second-order valence-corrected chi connectivity index (χ2v) is 4.46. The number of aldehydes is 1. The van der Waals surface area contributed by atoms with Gasteiger partial charge in [0.25, 0.3) is 0 Å². The van der Waals surface area contributed by atoms with Crippen LogP contribution < -0.4 is 0 Å². The normalized spacial score (nSPS) is 11.1. The maximum absolute atomic E-state index is 10.7. The zero-order valence-electron chi connectivity index (χ0n) is 8.22. The molecule has 2 aromatic heterocycles. The van der Waals surface area contributed by atoms with Crippen molar-refractivity contribution >= 4 is 38.8 Å². The summed E-state index contributed by atoms with van der Waals surface area (Å²) in [5.41, 5.74) is 2.27. The van der Waals surface area contributed by atoms with E-state index in [1.54, 1.807) is 6.20 Å². The van der Waals surface area contributed by atoms with E-state index in [2.05, 4.69) is 20.9 Å². The molecule has 0 amide bonds. The van der Waals surface area contributed by atoms with E-state index in [0.29, 0.717) is 5.69 Å². The van der Waals surface area contributed by atoms with E-state index >= 15 is 0 Å². The third-order valence-electron chi connectivity index (χ3n) is 2.54. The number of carbonyl (C=O) groups is 1. The van der Waals surface area contributed by atoms with Gasteiger partial charge in [-0.25, -0.2) is 4.98 Å². The fraction of sp³-hybridized carbons (Fsp3) is 0. The molecule has 16 heavy (non-hydrogen) atoms. The maximum atomic E-state index is 10.7. The van der Waals surface area contributed by atoms with Gasteiger partial charge in [-0.15, -0.1) is 0 Å². The molecule has 0 N–H and O–H groups in total. The van der Waals surface area contributed by atoms with E-state index in [1.807, 2.05) is 34.7 Å². The Morgan fingerprint density at radius 3 is 2.88 bits per heavy atom. The van der Waals surface area contributed by atoms with Crippen LogP contribution in [0, 0.1) is 0 Å². The minimum atomic E-state index is 0.451. The summed E-state index contributed by atoms with van der Waals surface area (Å²) in [6.07, 6.45) is 2.51. The number of rotatable bonds is 1. The monoisotopic (exact) mass is 274 g/mol. The molecule has 0 bridgehead atoms. The van der Waals surface area contributed by atoms with Gasteiger partial charge >= 0.3 is 0 Å². The molecule has 0 fully saturated rings. The van der Waals surface area contributed by atoms with Gasteiger partial charge in [0.2, 0.25) is 0 Å². The fourth-order valence-corrected chi connectivity index (χ4v) is 2.16. The predicted molar refractivity (Wildman–Crippen MR) is 65.8 cm³/mol. The highest BCUT2D eigenvalue weighted by Crippen LogP contribution is 2.21. The summed E-state index contributed by atoms with van der Waals surface area (Å²) in [7, 11) is 0. The van der Waals surface area contributed by atoms with Crippen LogP contribution in [-0.4, -0.2) is 15.7 Å². The van der Waals surface area contributed by atoms with E-state index in [9.17, 15) is 4.79 Å². The van der Waals surface area contributed by atoms with Crippen molar-refractivity contribution in [3.63, 3.8) is 0 Å². The van der Waals surface area contributed by atoms with Gasteiger partial charge < -0.3 is 0 Å². The molecule has 0 unspecified atom stereocenters. The summed E-state index contributed by atoms with van der Waals surface area (Å²) in [5, 5.41) is 1.12. The number of halogens is 1. The van der Waals surface area contributed by atoms with Gasteiger partial charge in [-0.1, -0.05) is 22.0 Å². The van der Waals surface area contributed by atoms with Crippen LogP contribution in [-0.2, 0) is 0 Å². The van der Waals surface area contributed by atoms with Crippen LogP contribution in [0.5, 0.6) is 0 Å². The van der Waals surface area contributed by atoms with Crippen molar-refractivity contribution in [1.29, 1.82) is 0 Å². The summed E-state index contributed by atoms with van der Waals surface area (Å²) >= 11 is 3.44. The Morgan fingerprint density at radius 1 is 1.25 bits per heavy atom. The van der Waals surface area contributed by atoms with Crippen LogP contribution in [0.1, 0.15) is 10.5 Å². The second kappa shape index (κ2) is 3.42. The van der Waals surface area contributed by atoms with Gasteiger partial charge in [0.1, 0.15) is 11.3 Å². The lowest BCUT2D eigenvalue weighted by atomic mass is 10.2. The lowest BCUT2D eigenvalue weighted by Gasteiger charge is -2.01. The Hall–Kier alpha value is -1.68. The van der Waals surface area contributed by atoms with Crippen molar-refractivity contribution in [2.45, 2.75) is 0 Å². The molecule has 0 aliphatic carbocycles. The Morgan fingerprint density at radius 2 is 2.06 bits per heavy atom. The zero-order valence-corrected chi connectivity index (χ0v) is 9.81. The van der Waals surface area contributed by atoms with Crippen molar-refractivity contribution in [2.24, 2.45) is 0 Å². The van der Waals surface area contributed by atoms with Crippen molar-refractivity contribution in [1.82, 2.24) is 9.38 Å². The first-order chi connectivity index (χ1) is 7.78. The SMILES string of the molecule is O=Cc1cn2c(ccc3ccc(Br)cc32)n1. The van der Waals surface area contributed by atoms with Gasteiger partial charge in [0, 0.05) is 10.7 Å². The molecule has 3 rings (SSSR count). The minimum Gasteiger partial charge on any atom is -0.299 e. The molecule has 0 saturated carbocycles. The number of hydrogen-bond acceptors (Lipinski definition) is 2. The van der Waals surface area contributed by atoms with Crippen LogP contribution in [0.4, 0.5) is 0 Å². The number of imidazole rings is 1. The molecule has 0 radical (unpaired) electrons. The Kier molecular flexibility index (Phi) is 2.04. The van der Waals surface area contributed by atoms with Crippen LogP contribution in [0.25, 0.3) is 16.6 Å². The molecule has 0 aliphatic rings. The molecular weight excluding hydrogens is 268 g/mol. The highest BCUT2D eigenvalue weighted by atomic mass is 79.9. The number of hydrogen-bond donors (Lipinski definition) is 0. The second-order valence-electron chi connectivity index (χ2n) is 3.55. The first-order valence-electron chi connectivity index (χ1n) is 4.80. The highest BCUT2D eigenvalue weighted by molar-refractivity contribution is 9.10. The van der Waals surface area contributed by atoms with Gasteiger partial charge in [-0.3, -0.25) is 9.20 Å². The van der Waals surface area contributed by atoms with Crippen LogP contribution in [0.15, 0.2) is 41.0 Å². The van der Waals surface area contributed by atoms with Crippen LogP contribution >= 0.6 is 15.9 Å². The Labute approximate surface area is 99.8 Å². The van der Waals surface area contributed by atoms with E-state index < -0.39 is 0 Å². The van der Waals surface area contributed by atoms with Crippen molar-refractivity contribution in [3.05, 3.63) is 46.7 Å². The summed E-state index contributed by atoms with van der Waals surface area (Å²) in [6.45, 7) is 0. The molecule has 78 valence electrons. The number of aromatic nitrogens is 2. The molecule has 0 aliphatic heterocycles. The number of nitrogens with zero attached hydrogens (tertiary/aromatic N) is 2. The van der Waals surface area contributed by atoms with Gasteiger partial charge in [-0.2, -0.15) is 0 Å². The zero-order chi connectivity index (χ0) is 11.1. The third-order valence-corrected chi connectivity index (χ3v) is 3.03. The number of carbonyl (C=O) groups excluding carboxylic acids is 1. The number of benzene rings is 1. The standard InChI is InChI=1S/C12H7BrN2O/c13-9-3-1-8-2-4-12-14-10(7-16)6-15(12)11(8)5-9/h1-7H. The quantitative estimate of drug-likeness (QED) is 0.640. The van der Waals surface area contributed by atoms with Gasteiger partial charge in [-0.05, 0) is 29.7 Å². The molecule has 3 nitrogen and oxygen atoms in total. The lowest BCUT2D eigenvalue weighted by Crippen LogP contribution is -1.86. The number of fused-ring (bicyclic) bond motifs is 3. The highest BCUT2D eigenvalue weighted by Gasteiger charge is 2.04. The summed E-state index contributed by atoms with van der Waals surface area (Å²) < 4.78 is 2.93. The summed E-state index contributed by atoms with van der Waals surface area (Å²) in [5.74, 6) is 0. The molecular formula is C12H7BrN2O. The molecule has 1 aromatic carbocycles. The predicted octanol–water partition coefficient (Wildman–Crippen LogP) is 3.06. The average Bonchev–Trinajstić information content (AvgIpc) is 2.72. The molecule has 0 spiro atoms. The van der Waals surface area contributed by atoms with Gasteiger partial charge in [0.15, 0.2) is 6.29 Å². The first kappa shape index (κ1) is 9.54. The smallest absolute Gasteiger partial charge is 0.170 e. The van der Waals surface area contributed by atoms with E-state index in [4.69, 9.17) is 0 Å². The average molecular weight is 275 g/mol. The van der Waals surface area contributed by atoms with E-state index in [0.717, 1.165) is 27.3 Å². The maximum Gasteiger partial charge on any atom is 0.170 e. The topological polar surface area (TPSA) is 34.4 Å². The van der Waals surface area contributed by atoms with Crippen molar-refractivity contribution in [3.8, 4) is 0 Å². The van der Waals surface area contributed by atoms with Crippen molar-refractivity contribution < 1.29 is 4.79 Å². The summed E-state index contributed by atoms with van der Waals surface area (Å²) in [6, 6.07) is 9.94. The summed E-state index contributed by atoms with van der Waals surface area (Å²) in [4.78, 5) is 14.9. The molecule has 2 heterocycles. The van der Waals surface area contributed by atoms with E-state index in [-0.39, 0.29) is 0 Å². The molecule has 0 saturated heterocycles. The van der Waals surface area contributed by atoms with Gasteiger partial charge in [0.05, 0.1) is 5.52 Å².